The van der Waals surface area contributed by atoms with Crippen molar-refractivity contribution in [2.24, 2.45) is 5.73 Å². The average Bonchev–Trinajstić information content (AvgIpc) is 2.05. The normalized spacial score (nSPS) is 19.7. The summed E-state index contributed by atoms with van der Waals surface area (Å²) in [6.45, 7) is 1.88. The summed E-state index contributed by atoms with van der Waals surface area (Å²) in [5.41, 5.74) is 5.06. The second-order valence-corrected chi connectivity index (χ2v) is 3.09. The van der Waals surface area contributed by atoms with Crippen molar-refractivity contribution in [3.05, 3.63) is 0 Å². The molecule has 0 bridgehead atoms. The van der Waals surface area contributed by atoms with E-state index in [0.717, 1.165) is 25.9 Å². The van der Waals surface area contributed by atoms with Gasteiger partial charge in [-0.05, 0) is 25.9 Å². The van der Waals surface area contributed by atoms with Crippen LogP contribution in [0.25, 0.3) is 0 Å². The van der Waals surface area contributed by atoms with Crippen LogP contribution in [0.15, 0.2) is 0 Å². The van der Waals surface area contributed by atoms with Crippen molar-refractivity contribution in [1.29, 1.82) is 0 Å². The van der Waals surface area contributed by atoms with Crippen LogP contribution in [0, 0.1) is 0 Å². The second kappa shape index (κ2) is 3.82. The molecule has 0 saturated carbocycles. The van der Waals surface area contributed by atoms with Crippen molar-refractivity contribution in [2.45, 2.75) is 18.9 Å². The Bertz CT molecular complexity index is 147. The number of nitrogens with zero attached hydrogens (tertiary/aromatic N) is 1. The highest BCUT2D eigenvalue weighted by molar-refractivity contribution is 7.78. The van der Waals surface area contributed by atoms with E-state index in [0.29, 0.717) is 0 Å². The Balaban J connectivity index is 2.38. The third kappa shape index (κ3) is 2.27. The molecular formula is C6H13N3OS. The Hall–Kier alpha value is -0.420. The van der Waals surface area contributed by atoms with E-state index in [1.807, 2.05) is 0 Å². The lowest BCUT2D eigenvalue weighted by Gasteiger charge is -2.28. The molecule has 4 nitrogen and oxygen atoms in total. The molecule has 2 amide bonds. The first-order valence-electron chi connectivity index (χ1n) is 3.70. The first-order chi connectivity index (χ1) is 5.22. The number of hydrogen-bond acceptors (Lipinski definition) is 3. The molecule has 11 heavy (non-hydrogen) atoms. The minimum absolute atomic E-state index is 0.206. The second-order valence-electron chi connectivity index (χ2n) is 2.66. The zero-order chi connectivity index (χ0) is 8.27. The molecule has 0 atom stereocenters. The number of amides is 2. The summed E-state index contributed by atoms with van der Waals surface area (Å²) in [5, 5.41) is 3.20. The van der Waals surface area contributed by atoms with Crippen LogP contribution in [-0.4, -0.2) is 29.5 Å². The van der Waals surface area contributed by atoms with Crippen LogP contribution in [0.4, 0.5) is 4.79 Å². The van der Waals surface area contributed by atoms with E-state index < -0.39 is 6.03 Å². The van der Waals surface area contributed by atoms with Crippen molar-refractivity contribution in [2.75, 3.05) is 13.1 Å². The highest BCUT2D eigenvalue weighted by Gasteiger charge is 2.20. The smallest absolute Gasteiger partial charge is 0.324 e. The van der Waals surface area contributed by atoms with Gasteiger partial charge in [0.2, 0.25) is 0 Å². The largest absolute Gasteiger partial charge is 0.351 e. The number of thiol groups is 1. The van der Waals surface area contributed by atoms with Crippen LogP contribution < -0.4 is 11.1 Å². The Kier molecular flexibility index (Phi) is 3.02. The van der Waals surface area contributed by atoms with E-state index >= 15 is 0 Å². The van der Waals surface area contributed by atoms with Crippen LogP contribution in [0.1, 0.15) is 12.8 Å². The number of primary amides is 1. The quantitative estimate of drug-likeness (QED) is 0.490. The molecule has 0 radical (unpaired) electrons. The number of rotatable bonds is 1. The number of hydrogen-bond donors (Lipinski definition) is 3. The molecule has 3 N–H and O–H groups in total. The maximum Gasteiger partial charge on any atom is 0.324 e. The summed E-state index contributed by atoms with van der Waals surface area (Å²) in [6.07, 6.45) is 1.87. The highest BCUT2D eigenvalue weighted by Crippen LogP contribution is 2.12. The minimum atomic E-state index is -0.458. The maximum absolute atomic E-state index is 10.6. The molecule has 0 unspecified atom stereocenters. The van der Waals surface area contributed by atoms with Gasteiger partial charge in [-0.25, -0.2) is 4.79 Å². The first-order valence-corrected chi connectivity index (χ1v) is 4.10. The summed E-state index contributed by atoms with van der Waals surface area (Å²) in [4.78, 5) is 10.6. The van der Waals surface area contributed by atoms with E-state index in [4.69, 9.17) is 5.73 Å². The number of nitrogens with two attached hydrogens (primary N) is 1. The van der Waals surface area contributed by atoms with Crippen LogP contribution in [0.2, 0.25) is 0 Å². The third-order valence-corrected chi connectivity index (χ3v) is 2.40. The summed E-state index contributed by atoms with van der Waals surface area (Å²) in [7, 11) is 0. The molecule has 0 aliphatic carbocycles. The standard InChI is InChI=1S/C6H13N3OS/c7-6(10)9(11)5-1-3-8-4-2-5/h5,8,11H,1-4H2,(H2,7,10). The number of nitrogens with one attached hydrogen (secondary N) is 1. The summed E-state index contributed by atoms with van der Waals surface area (Å²) >= 11 is 4.00. The molecule has 5 heteroatoms. The molecule has 1 rings (SSSR count). The third-order valence-electron chi connectivity index (χ3n) is 1.88. The molecule has 1 fully saturated rings. The van der Waals surface area contributed by atoms with Gasteiger partial charge in [0, 0.05) is 6.04 Å². The molecule has 0 spiro atoms. The van der Waals surface area contributed by atoms with Crippen LogP contribution in [-0.2, 0) is 0 Å². The van der Waals surface area contributed by atoms with Gasteiger partial charge in [-0.15, -0.1) is 0 Å². The lowest BCUT2D eigenvalue weighted by atomic mass is 10.1. The fraction of sp³-hybridized carbons (Fsp3) is 0.833. The fourth-order valence-corrected chi connectivity index (χ4v) is 1.46. The lowest BCUT2D eigenvalue weighted by Crippen LogP contribution is -2.43. The SMILES string of the molecule is NC(=O)N(S)C1CCNCC1. The van der Waals surface area contributed by atoms with Gasteiger partial charge < -0.3 is 11.1 Å². The molecule has 1 heterocycles. The topological polar surface area (TPSA) is 58.4 Å². The van der Waals surface area contributed by atoms with E-state index in [-0.39, 0.29) is 6.04 Å². The Morgan fingerprint density at radius 1 is 1.55 bits per heavy atom. The van der Waals surface area contributed by atoms with Gasteiger partial charge >= 0.3 is 6.03 Å². The molecule has 1 saturated heterocycles. The molecule has 0 aromatic rings. The van der Waals surface area contributed by atoms with Crippen molar-refractivity contribution in [3.63, 3.8) is 0 Å². The summed E-state index contributed by atoms with van der Waals surface area (Å²) in [6, 6.07) is -0.252. The Labute approximate surface area is 71.7 Å². The van der Waals surface area contributed by atoms with Crippen LogP contribution in [0.3, 0.4) is 0 Å². The van der Waals surface area contributed by atoms with Gasteiger partial charge in [0.1, 0.15) is 0 Å². The van der Waals surface area contributed by atoms with Crippen LogP contribution >= 0.6 is 12.8 Å². The number of carbonyl (C=O) groups excluding carboxylic acids is 1. The summed E-state index contributed by atoms with van der Waals surface area (Å²) < 4.78 is 1.32. The van der Waals surface area contributed by atoms with Crippen LogP contribution in [0.5, 0.6) is 0 Å². The van der Waals surface area contributed by atoms with Gasteiger partial charge in [0.25, 0.3) is 0 Å². The van der Waals surface area contributed by atoms with E-state index in [1.54, 1.807) is 0 Å². The number of urea groups is 1. The summed E-state index contributed by atoms with van der Waals surface area (Å²) in [5.74, 6) is 0. The van der Waals surface area contributed by atoms with Crippen molar-refractivity contribution < 1.29 is 4.79 Å². The zero-order valence-corrected chi connectivity index (χ0v) is 7.18. The predicted octanol–water partition coefficient (Wildman–Crippen LogP) is -0.0361. The molecule has 64 valence electrons. The average molecular weight is 175 g/mol. The van der Waals surface area contributed by atoms with Crippen molar-refractivity contribution in [3.8, 4) is 0 Å². The molecule has 1 aliphatic rings. The monoisotopic (exact) mass is 175 g/mol. The maximum atomic E-state index is 10.6. The first kappa shape index (κ1) is 8.67. The molecule has 0 aromatic heterocycles. The van der Waals surface area contributed by atoms with E-state index in [2.05, 4.69) is 18.1 Å². The van der Waals surface area contributed by atoms with Crippen molar-refractivity contribution >= 4 is 18.8 Å². The van der Waals surface area contributed by atoms with E-state index in [1.165, 1.54) is 4.31 Å². The van der Waals surface area contributed by atoms with E-state index in [9.17, 15) is 4.79 Å². The lowest BCUT2D eigenvalue weighted by molar-refractivity contribution is 0.217. The fourth-order valence-electron chi connectivity index (χ4n) is 1.23. The molecular weight excluding hydrogens is 162 g/mol. The van der Waals surface area contributed by atoms with Gasteiger partial charge in [-0.3, -0.25) is 4.31 Å². The van der Waals surface area contributed by atoms with Gasteiger partial charge in [0.05, 0.1) is 0 Å². The van der Waals surface area contributed by atoms with Gasteiger partial charge in [0.15, 0.2) is 0 Å². The van der Waals surface area contributed by atoms with Gasteiger partial charge in [-0.1, -0.05) is 12.8 Å². The Morgan fingerprint density at radius 2 is 2.09 bits per heavy atom. The highest BCUT2D eigenvalue weighted by atomic mass is 32.1. The van der Waals surface area contributed by atoms with Gasteiger partial charge in [-0.2, -0.15) is 0 Å². The minimum Gasteiger partial charge on any atom is -0.351 e. The zero-order valence-electron chi connectivity index (χ0n) is 6.29. The van der Waals surface area contributed by atoms with Crippen molar-refractivity contribution in [1.82, 2.24) is 9.62 Å². The molecule has 1 aliphatic heterocycles. The Morgan fingerprint density at radius 3 is 2.55 bits per heavy atom. The molecule has 0 aromatic carbocycles. The predicted molar refractivity (Wildman–Crippen MR) is 46.3 cm³/mol. The number of carbonyl (C=O) groups is 1. The number of piperidine rings is 1.